The van der Waals surface area contributed by atoms with Crippen molar-refractivity contribution >= 4 is 17.3 Å². The van der Waals surface area contributed by atoms with Crippen LogP contribution in [0.4, 0.5) is 11.6 Å². The Bertz CT molecular complexity index is 578. The maximum Gasteiger partial charge on any atom is 0.180 e. The van der Waals surface area contributed by atoms with Gasteiger partial charge >= 0.3 is 0 Å². The monoisotopic (exact) mass is 275 g/mol. The lowest BCUT2D eigenvalue weighted by Gasteiger charge is -2.23. The Morgan fingerprint density at radius 1 is 1.50 bits per heavy atom. The van der Waals surface area contributed by atoms with Crippen molar-refractivity contribution in [3.63, 3.8) is 0 Å². The van der Waals surface area contributed by atoms with Crippen LogP contribution >= 0.6 is 0 Å². The van der Waals surface area contributed by atoms with Crippen LogP contribution < -0.4 is 10.2 Å². The van der Waals surface area contributed by atoms with Crippen LogP contribution in [-0.4, -0.2) is 45.2 Å². The first-order valence-corrected chi connectivity index (χ1v) is 7.28. The third-order valence-corrected chi connectivity index (χ3v) is 3.51. The summed E-state index contributed by atoms with van der Waals surface area (Å²) in [6.45, 7) is 3.77. The Kier molecular flexibility index (Phi) is 3.73. The van der Waals surface area contributed by atoms with Gasteiger partial charge in [0.15, 0.2) is 11.5 Å². The van der Waals surface area contributed by atoms with Crippen molar-refractivity contribution in [2.45, 2.75) is 32.2 Å². The number of nitrogens with zero attached hydrogens (tertiary/aromatic N) is 4. The fourth-order valence-electron chi connectivity index (χ4n) is 2.40. The Hall–Kier alpha value is -1.82. The number of hydrogen-bond acceptors (Lipinski definition) is 5. The van der Waals surface area contributed by atoms with Crippen LogP contribution in [0.2, 0.25) is 0 Å². The summed E-state index contributed by atoms with van der Waals surface area (Å²) in [5, 5.41) is 12.6. The van der Waals surface area contributed by atoms with Crippen LogP contribution in [0.25, 0.3) is 5.65 Å². The normalized spacial score (nSPS) is 14.7. The van der Waals surface area contributed by atoms with E-state index in [1.165, 1.54) is 12.8 Å². The van der Waals surface area contributed by atoms with E-state index in [4.69, 9.17) is 4.98 Å². The summed E-state index contributed by atoms with van der Waals surface area (Å²) in [6, 6.07) is 0.497. The summed E-state index contributed by atoms with van der Waals surface area (Å²) in [5.41, 5.74) is 0.854. The summed E-state index contributed by atoms with van der Waals surface area (Å²) in [6.07, 6.45) is 9.08. The summed E-state index contributed by atoms with van der Waals surface area (Å²) < 4.78 is 1.99. The smallest absolute Gasteiger partial charge is 0.180 e. The first-order chi connectivity index (χ1) is 9.83. The molecule has 2 aromatic rings. The SMILES string of the molecule is CCCNc1cn2ccnc2c(N(CCO)C2CC2)n1. The first kappa shape index (κ1) is 13.2. The number of rotatable bonds is 7. The number of nitrogens with one attached hydrogen (secondary N) is 1. The van der Waals surface area contributed by atoms with Crippen molar-refractivity contribution in [3.05, 3.63) is 18.6 Å². The second-order valence-corrected chi connectivity index (χ2v) is 5.18. The summed E-state index contributed by atoms with van der Waals surface area (Å²) in [5.74, 6) is 1.73. The minimum absolute atomic E-state index is 0.137. The first-order valence-electron chi connectivity index (χ1n) is 7.28. The molecule has 0 unspecified atom stereocenters. The highest BCUT2D eigenvalue weighted by atomic mass is 16.3. The van der Waals surface area contributed by atoms with Gasteiger partial charge in [-0.1, -0.05) is 6.92 Å². The van der Waals surface area contributed by atoms with E-state index in [0.29, 0.717) is 12.6 Å². The van der Waals surface area contributed by atoms with Crippen LogP contribution in [0, 0.1) is 0 Å². The van der Waals surface area contributed by atoms with Crippen molar-refractivity contribution in [1.29, 1.82) is 0 Å². The lowest BCUT2D eigenvalue weighted by Crippen LogP contribution is -2.30. The van der Waals surface area contributed by atoms with E-state index in [9.17, 15) is 5.11 Å². The Morgan fingerprint density at radius 2 is 2.35 bits per heavy atom. The van der Waals surface area contributed by atoms with E-state index in [1.807, 2.05) is 16.8 Å². The number of aromatic nitrogens is 3. The van der Waals surface area contributed by atoms with Crippen LogP contribution in [0.3, 0.4) is 0 Å². The fourth-order valence-corrected chi connectivity index (χ4v) is 2.40. The van der Waals surface area contributed by atoms with E-state index >= 15 is 0 Å². The van der Waals surface area contributed by atoms with Gasteiger partial charge in [-0.3, -0.25) is 0 Å². The summed E-state index contributed by atoms with van der Waals surface area (Å²) in [7, 11) is 0. The molecule has 0 aromatic carbocycles. The molecule has 20 heavy (non-hydrogen) atoms. The molecule has 3 rings (SSSR count). The molecular formula is C14H21N5O. The zero-order chi connectivity index (χ0) is 13.9. The third kappa shape index (κ3) is 2.56. The van der Waals surface area contributed by atoms with E-state index in [1.54, 1.807) is 6.20 Å². The van der Waals surface area contributed by atoms with Crippen LogP contribution in [-0.2, 0) is 0 Å². The molecule has 0 amide bonds. The van der Waals surface area contributed by atoms with Crippen molar-refractivity contribution in [3.8, 4) is 0 Å². The quantitative estimate of drug-likeness (QED) is 0.802. The number of aliphatic hydroxyl groups excluding tert-OH is 1. The molecule has 0 spiro atoms. The predicted molar refractivity (Wildman–Crippen MR) is 79.2 cm³/mol. The van der Waals surface area contributed by atoms with Gasteiger partial charge in [0.05, 0.1) is 12.8 Å². The maximum atomic E-state index is 9.30. The molecule has 2 aromatic heterocycles. The molecule has 6 heteroatoms. The predicted octanol–water partition coefficient (Wildman–Crippen LogP) is 1.51. The van der Waals surface area contributed by atoms with Crippen molar-refractivity contribution in [1.82, 2.24) is 14.4 Å². The molecule has 0 atom stereocenters. The molecule has 108 valence electrons. The zero-order valence-electron chi connectivity index (χ0n) is 11.8. The number of aliphatic hydroxyl groups is 1. The summed E-state index contributed by atoms with van der Waals surface area (Å²) >= 11 is 0. The number of anilines is 2. The van der Waals surface area contributed by atoms with Gasteiger partial charge in [0.2, 0.25) is 0 Å². The van der Waals surface area contributed by atoms with Gasteiger partial charge in [0, 0.05) is 31.5 Å². The fraction of sp³-hybridized carbons (Fsp3) is 0.571. The third-order valence-electron chi connectivity index (χ3n) is 3.51. The average molecular weight is 275 g/mol. The summed E-state index contributed by atoms with van der Waals surface area (Å²) in [4.78, 5) is 11.3. The van der Waals surface area contributed by atoms with Crippen molar-refractivity contribution in [2.24, 2.45) is 0 Å². The average Bonchev–Trinajstić information content (AvgIpc) is 3.19. The van der Waals surface area contributed by atoms with E-state index in [2.05, 4.69) is 22.1 Å². The number of fused-ring (bicyclic) bond motifs is 1. The van der Waals surface area contributed by atoms with Gasteiger partial charge in [-0.2, -0.15) is 0 Å². The Morgan fingerprint density at radius 3 is 3.05 bits per heavy atom. The lowest BCUT2D eigenvalue weighted by molar-refractivity contribution is 0.301. The minimum atomic E-state index is 0.137. The standard InChI is InChI=1S/C14H21N5O/c1-2-5-15-12-10-18-7-6-16-13(18)14(17-12)19(8-9-20)11-3-4-11/h6-7,10-11,15,20H,2-5,8-9H2,1H3. The molecule has 1 aliphatic rings. The second kappa shape index (κ2) is 5.66. The van der Waals surface area contributed by atoms with Gasteiger partial charge < -0.3 is 19.7 Å². The molecule has 6 nitrogen and oxygen atoms in total. The van der Waals surface area contributed by atoms with Gasteiger partial charge in [-0.25, -0.2) is 9.97 Å². The molecule has 2 N–H and O–H groups in total. The molecule has 1 saturated carbocycles. The molecule has 0 saturated heterocycles. The molecule has 0 radical (unpaired) electrons. The molecular weight excluding hydrogens is 254 g/mol. The molecule has 2 heterocycles. The van der Waals surface area contributed by atoms with E-state index < -0.39 is 0 Å². The molecule has 0 aliphatic heterocycles. The lowest BCUT2D eigenvalue weighted by atomic mass is 10.4. The van der Waals surface area contributed by atoms with Gasteiger partial charge in [0.1, 0.15) is 5.82 Å². The molecule has 0 bridgehead atoms. The minimum Gasteiger partial charge on any atom is -0.395 e. The van der Waals surface area contributed by atoms with Crippen molar-refractivity contribution in [2.75, 3.05) is 29.9 Å². The second-order valence-electron chi connectivity index (χ2n) is 5.18. The molecule has 1 aliphatic carbocycles. The molecule has 1 fully saturated rings. The van der Waals surface area contributed by atoms with Crippen LogP contribution in [0.5, 0.6) is 0 Å². The number of imidazole rings is 1. The highest BCUT2D eigenvalue weighted by Gasteiger charge is 2.31. The van der Waals surface area contributed by atoms with E-state index in [0.717, 1.165) is 30.2 Å². The number of hydrogen-bond donors (Lipinski definition) is 2. The van der Waals surface area contributed by atoms with Crippen LogP contribution in [0.15, 0.2) is 18.6 Å². The van der Waals surface area contributed by atoms with Crippen molar-refractivity contribution < 1.29 is 5.11 Å². The zero-order valence-corrected chi connectivity index (χ0v) is 11.8. The van der Waals surface area contributed by atoms with Gasteiger partial charge in [0.25, 0.3) is 0 Å². The largest absolute Gasteiger partial charge is 0.395 e. The Labute approximate surface area is 118 Å². The highest BCUT2D eigenvalue weighted by Crippen LogP contribution is 2.32. The van der Waals surface area contributed by atoms with Gasteiger partial charge in [-0.15, -0.1) is 0 Å². The van der Waals surface area contributed by atoms with Gasteiger partial charge in [-0.05, 0) is 19.3 Å². The topological polar surface area (TPSA) is 65.7 Å². The van der Waals surface area contributed by atoms with E-state index in [-0.39, 0.29) is 6.61 Å². The van der Waals surface area contributed by atoms with Crippen LogP contribution in [0.1, 0.15) is 26.2 Å². The maximum absolute atomic E-state index is 9.30. The Balaban J connectivity index is 1.99. The highest BCUT2D eigenvalue weighted by molar-refractivity contribution is 5.67.